The average molecular weight is 653 g/mol. The summed E-state index contributed by atoms with van der Waals surface area (Å²) in [6.07, 6.45) is 1.81. The molecule has 11 rings (SSSR count). The zero-order valence-electron chi connectivity index (χ0n) is 27.4. The van der Waals surface area contributed by atoms with E-state index in [1.807, 2.05) is 12.3 Å². The van der Waals surface area contributed by atoms with Gasteiger partial charge in [0.25, 0.3) is 0 Å². The molecule has 7 aromatic carbocycles. The summed E-state index contributed by atoms with van der Waals surface area (Å²) in [5, 5.41) is 5.78. The SMILES string of the molecule is c1ccc(-c2cccc3c4ccccc4n(-c4ncc5oc6ccc(-c7cccc(-n8c9ccccc9c9ccccc98)c7)cc6c5n4)c23)cc1. The average Bonchev–Trinajstić information content (AvgIpc) is 3.85. The number of rotatable bonds is 4. The molecule has 0 unspecified atom stereocenters. The Bertz CT molecular complexity index is 3090. The number of furan rings is 1. The third kappa shape index (κ3) is 4.15. The molecular formula is C46H28N4O. The van der Waals surface area contributed by atoms with E-state index in [1.54, 1.807) is 0 Å². The summed E-state index contributed by atoms with van der Waals surface area (Å²) in [6.45, 7) is 0. The Balaban J connectivity index is 1.10. The van der Waals surface area contributed by atoms with Gasteiger partial charge in [0.15, 0.2) is 5.58 Å². The molecule has 11 aromatic rings. The number of hydrogen-bond donors (Lipinski definition) is 0. The highest BCUT2D eigenvalue weighted by Gasteiger charge is 2.20. The lowest BCUT2D eigenvalue weighted by atomic mass is 10.0. The molecule has 4 aromatic heterocycles. The maximum absolute atomic E-state index is 6.32. The lowest BCUT2D eigenvalue weighted by Crippen LogP contribution is -2.01. The summed E-state index contributed by atoms with van der Waals surface area (Å²) >= 11 is 0. The number of benzene rings is 7. The van der Waals surface area contributed by atoms with Crippen molar-refractivity contribution in [3.8, 4) is 33.9 Å². The zero-order chi connectivity index (χ0) is 33.5. The van der Waals surface area contributed by atoms with Crippen LogP contribution in [0.25, 0.3) is 99.6 Å². The highest BCUT2D eigenvalue weighted by Crippen LogP contribution is 2.39. The van der Waals surface area contributed by atoms with Crippen molar-refractivity contribution in [1.29, 1.82) is 0 Å². The smallest absolute Gasteiger partial charge is 0.235 e. The molecular weight excluding hydrogens is 625 g/mol. The van der Waals surface area contributed by atoms with Crippen LogP contribution in [0.4, 0.5) is 0 Å². The number of nitrogens with zero attached hydrogens (tertiary/aromatic N) is 4. The molecule has 0 saturated carbocycles. The quantitative estimate of drug-likeness (QED) is 0.190. The van der Waals surface area contributed by atoms with Crippen molar-refractivity contribution in [2.45, 2.75) is 0 Å². The van der Waals surface area contributed by atoms with Crippen LogP contribution in [0.15, 0.2) is 174 Å². The summed E-state index contributed by atoms with van der Waals surface area (Å²) in [4.78, 5) is 10.2. The molecule has 0 radical (unpaired) electrons. The second-order valence-electron chi connectivity index (χ2n) is 13.0. The normalized spacial score (nSPS) is 11.9. The van der Waals surface area contributed by atoms with E-state index in [9.17, 15) is 0 Å². The van der Waals surface area contributed by atoms with E-state index in [0.29, 0.717) is 11.5 Å². The van der Waals surface area contributed by atoms with E-state index < -0.39 is 0 Å². The van der Waals surface area contributed by atoms with Gasteiger partial charge in [0, 0.05) is 38.2 Å². The Morgan fingerprint density at radius 3 is 1.80 bits per heavy atom. The van der Waals surface area contributed by atoms with Gasteiger partial charge in [-0.3, -0.25) is 4.57 Å². The van der Waals surface area contributed by atoms with Crippen LogP contribution in [-0.2, 0) is 0 Å². The summed E-state index contributed by atoms with van der Waals surface area (Å²) in [5.41, 5.74) is 12.4. The number of aromatic nitrogens is 4. The highest BCUT2D eigenvalue weighted by atomic mass is 16.3. The fourth-order valence-electron chi connectivity index (χ4n) is 7.94. The minimum atomic E-state index is 0.610. The molecule has 0 spiro atoms. The Kier molecular flexibility index (Phi) is 5.89. The minimum Gasteiger partial charge on any atom is -0.453 e. The highest BCUT2D eigenvalue weighted by molar-refractivity contribution is 6.14. The van der Waals surface area contributed by atoms with Gasteiger partial charge in [-0.15, -0.1) is 0 Å². The van der Waals surface area contributed by atoms with Crippen LogP contribution in [0.3, 0.4) is 0 Å². The first kappa shape index (κ1) is 27.9. The lowest BCUT2D eigenvalue weighted by molar-refractivity contribution is 0.665. The first-order chi connectivity index (χ1) is 25.3. The van der Waals surface area contributed by atoms with E-state index in [0.717, 1.165) is 66.2 Å². The molecule has 0 amide bonds. The standard InChI is InChI=1S/C46H28N4O/c1-2-12-29(13-3-1)33-19-11-20-37-36-18-6-9-23-41(36)50(45(33)37)46-47-28-43-44(48-46)38-27-31(24-25-42(38)51-43)30-14-10-15-32(26-30)49-39-21-7-4-16-34(39)35-17-5-8-22-40(35)49/h1-28H. The van der Waals surface area contributed by atoms with Gasteiger partial charge >= 0.3 is 0 Å². The van der Waals surface area contributed by atoms with Gasteiger partial charge in [-0.25, -0.2) is 9.97 Å². The minimum absolute atomic E-state index is 0.610. The molecule has 4 heterocycles. The Hall–Kier alpha value is -6.98. The third-order valence-corrected chi connectivity index (χ3v) is 10.2. The number of para-hydroxylation sites is 4. The first-order valence-electron chi connectivity index (χ1n) is 17.2. The molecule has 0 fully saturated rings. The molecule has 5 heteroatoms. The Morgan fingerprint density at radius 2 is 1.04 bits per heavy atom. The van der Waals surface area contributed by atoms with E-state index in [-0.39, 0.29) is 0 Å². The van der Waals surface area contributed by atoms with Gasteiger partial charge in [-0.2, -0.15) is 0 Å². The predicted octanol–water partition coefficient (Wildman–Crippen LogP) is 11.9. The first-order valence-corrected chi connectivity index (χ1v) is 17.2. The van der Waals surface area contributed by atoms with Gasteiger partial charge in [0.2, 0.25) is 5.95 Å². The topological polar surface area (TPSA) is 48.8 Å². The van der Waals surface area contributed by atoms with Crippen molar-refractivity contribution in [1.82, 2.24) is 19.1 Å². The van der Waals surface area contributed by atoms with E-state index in [2.05, 4.69) is 167 Å². The second-order valence-corrected chi connectivity index (χ2v) is 13.0. The van der Waals surface area contributed by atoms with Crippen molar-refractivity contribution in [2.75, 3.05) is 0 Å². The summed E-state index contributed by atoms with van der Waals surface area (Å²) < 4.78 is 10.9. The molecule has 51 heavy (non-hydrogen) atoms. The third-order valence-electron chi connectivity index (χ3n) is 10.2. The lowest BCUT2D eigenvalue weighted by Gasteiger charge is -2.11. The van der Waals surface area contributed by atoms with E-state index in [4.69, 9.17) is 14.4 Å². The summed E-state index contributed by atoms with van der Waals surface area (Å²) in [7, 11) is 0. The zero-order valence-corrected chi connectivity index (χ0v) is 27.4. The molecule has 0 aliphatic carbocycles. The van der Waals surface area contributed by atoms with Crippen LogP contribution in [0.2, 0.25) is 0 Å². The maximum atomic E-state index is 6.32. The van der Waals surface area contributed by atoms with Crippen molar-refractivity contribution >= 4 is 65.7 Å². The largest absolute Gasteiger partial charge is 0.453 e. The Labute approximate surface area is 292 Å². The van der Waals surface area contributed by atoms with Crippen LogP contribution in [0.5, 0.6) is 0 Å². The van der Waals surface area contributed by atoms with Gasteiger partial charge in [-0.05, 0) is 59.2 Å². The fourth-order valence-corrected chi connectivity index (χ4v) is 7.94. The van der Waals surface area contributed by atoms with Gasteiger partial charge in [0.05, 0.1) is 28.3 Å². The van der Waals surface area contributed by atoms with Crippen LogP contribution < -0.4 is 0 Å². The van der Waals surface area contributed by atoms with Crippen LogP contribution in [0, 0.1) is 0 Å². The molecule has 238 valence electrons. The van der Waals surface area contributed by atoms with Crippen molar-refractivity contribution in [2.24, 2.45) is 0 Å². The fraction of sp³-hybridized carbons (Fsp3) is 0. The van der Waals surface area contributed by atoms with Crippen molar-refractivity contribution in [3.63, 3.8) is 0 Å². The summed E-state index contributed by atoms with van der Waals surface area (Å²) in [6, 6.07) is 57.9. The van der Waals surface area contributed by atoms with E-state index in [1.165, 1.54) is 21.8 Å². The molecule has 5 nitrogen and oxygen atoms in total. The molecule has 0 atom stereocenters. The molecule has 0 aliphatic heterocycles. The summed E-state index contributed by atoms with van der Waals surface area (Å²) in [5.74, 6) is 0.610. The monoisotopic (exact) mass is 652 g/mol. The predicted molar refractivity (Wildman–Crippen MR) is 209 cm³/mol. The Morgan fingerprint density at radius 1 is 0.431 bits per heavy atom. The molecule has 0 N–H and O–H groups in total. The number of fused-ring (bicyclic) bond motifs is 9. The van der Waals surface area contributed by atoms with Crippen LogP contribution in [-0.4, -0.2) is 19.1 Å². The molecule has 0 saturated heterocycles. The number of hydrogen-bond acceptors (Lipinski definition) is 3. The van der Waals surface area contributed by atoms with Gasteiger partial charge in [-0.1, -0.05) is 121 Å². The maximum Gasteiger partial charge on any atom is 0.235 e. The van der Waals surface area contributed by atoms with Crippen molar-refractivity contribution < 1.29 is 4.42 Å². The van der Waals surface area contributed by atoms with E-state index >= 15 is 0 Å². The van der Waals surface area contributed by atoms with Crippen LogP contribution in [0.1, 0.15) is 0 Å². The molecule has 0 aliphatic rings. The van der Waals surface area contributed by atoms with Gasteiger partial charge < -0.3 is 8.98 Å². The second kappa shape index (κ2) is 10.8. The van der Waals surface area contributed by atoms with Crippen LogP contribution >= 0.6 is 0 Å². The molecule has 0 bridgehead atoms. The van der Waals surface area contributed by atoms with Crippen molar-refractivity contribution in [3.05, 3.63) is 170 Å². The van der Waals surface area contributed by atoms with Gasteiger partial charge in [0.1, 0.15) is 11.1 Å².